The van der Waals surface area contributed by atoms with Gasteiger partial charge in [0.15, 0.2) is 23.3 Å². The Morgan fingerprint density at radius 1 is 0.838 bits per heavy atom. The van der Waals surface area contributed by atoms with Gasteiger partial charge in [0.05, 0.1) is 0 Å². The second kappa shape index (κ2) is 10.4. The highest BCUT2D eigenvalue weighted by molar-refractivity contribution is 8.00. The molecule has 0 spiro atoms. The number of carbonyl (C=O) groups excluding carboxylic acids is 2. The number of alkyl halides is 3. The van der Waals surface area contributed by atoms with Crippen LogP contribution in [-0.4, -0.2) is 11.8 Å². The molecule has 4 rings (SSSR count). The molecule has 12 heteroatoms. The van der Waals surface area contributed by atoms with E-state index >= 15 is 0 Å². The molecule has 194 valence electrons. The van der Waals surface area contributed by atoms with Crippen molar-refractivity contribution in [1.29, 1.82) is 0 Å². The van der Waals surface area contributed by atoms with Crippen LogP contribution in [0.5, 0.6) is 0 Å². The largest absolute Gasteiger partial charge is 0.422 e. The minimum atomic E-state index is -5.71. The minimum absolute atomic E-state index is 0.0616. The molecule has 2 amide bonds. The third kappa shape index (κ3) is 5.90. The molecular weight excluding hydrogens is 525 g/mol. The molecule has 2 N–H and O–H groups in total. The third-order valence-electron chi connectivity index (χ3n) is 5.44. The zero-order valence-corrected chi connectivity index (χ0v) is 19.5. The lowest BCUT2D eigenvalue weighted by molar-refractivity contribution is -0.143. The Bertz CT molecular complexity index is 1320. The lowest BCUT2D eigenvalue weighted by Crippen LogP contribution is -2.23. The van der Waals surface area contributed by atoms with Gasteiger partial charge in [-0.2, -0.15) is 13.2 Å². The van der Waals surface area contributed by atoms with Crippen molar-refractivity contribution in [2.24, 2.45) is 5.92 Å². The summed E-state index contributed by atoms with van der Waals surface area (Å²) in [4.78, 5) is 25.6. The minimum Gasteiger partial charge on any atom is -0.326 e. The molecule has 1 atom stereocenters. The molecule has 1 fully saturated rings. The average molecular weight is 542 g/mol. The first-order chi connectivity index (χ1) is 17.5. The van der Waals surface area contributed by atoms with Crippen LogP contribution in [0.25, 0.3) is 0 Å². The summed E-state index contributed by atoms with van der Waals surface area (Å²) >= 11 is 0.886. The summed E-state index contributed by atoms with van der Waals surface area (Å²) in [6, 6.07) is 14.2. The Kier molecular flexibility index (Phi) is 7.49. The monoisotopic (exact) mass is 542 g/mol. The third-order valence-corrected chi connectivity index (χ3v) is 6.69. The number of benzene rings is 3. The number of hydrogen-bond acceptors (Lipinski definition) is 3. The van der Waals surface area contributed by atoms with Crippen LogP contribution in [0.4, 0.5) is 42.1 Å². The van der Waals surface area contributed by atoms with Gasteiger partial charge in [-0.3, -0.25) is 9.59 Å². The molecule has 0 aromatic heterocycles. The van der Waals surface area contributed by atoms with Crippen LogP contribution in [0.1, 0.15) is 29.2 Å². The number of amides is 2. The summed E-state index contributed by atoms with van der Waals surface area (Å²) in [5.74, 6) is -11.5. The fourth-order valence-electron chi connectivity index (χ4n) is 3.45. The number of anilines is 2. The number of carbonyl (C=O) groups is 2. The maximum atomic E-state index is 14.4. The van der Waals surface area contributed by atoms with E-state index in [1.807, 2.05) is 0 Å². The lowest BCUT2D eigenvalue weighted by atomic mass is 10.1. The molecule has 1 unspecified atom stereocenters. The predicted octanol–water partition coefficient (Wildman–Crippen LogP) is 7.08. The molecule has 0 bridgehead atoms. The lowest BCUT2D eigenvalue weighted by Gasteiger charge is -2.19. The molecule has 0 heterocycles. The van der Waals surface area contributed by atoms with E-state index in [1.54, 1.807) is 47.8 Å². The van der Waals surface area contributed by atoms with Crippen molar-refractivity contribution in [2.45, 2.75) is 29.2 Å². The average Bonchev–Trinajstić information content (AvgIpc) is 3.70. The van der Waals surface area contributed by atoms with Crippen molar-refractivity contribution in [3.8, 4) is 0 Å². The first-order valence-corrected chi connectivity index (χ1v) is 11.7. The molecule has 0 saturated heterocycles. The van der Waals surface area contributed by atoms with Gasteiger partial charge in [-0.25, -0.2) is 17.6 Å². The van der Waals surface area contributed by atoms with Gasteiger partial charge in [-0.1, -0.05) is 36.4 Å². The van der Waals surface area contributed by atoms with Crippen molar-refractivity contribution in [1.82, 2.24) is 0 Å². The van der Waals surface area contributed by atoms with Crippen molar-refractivity contribution >= 4 is 35.0 Å². The normalized spacial score (nSPS) is 14.2. The van der Waals surface area contributed by atoms with Crippen molar-refractivity contribution < 1.29 is 40.3 Å². The van der Waals surface area contributed by atoms with Gasteiger partial charge in [-0.05, 0) is 36.6 Å². The molecule has 1 aliphatic rings. The number of hydrogen-bond donors (Lipinski definition) is 2. The molecule has 3 aromatic carbocycles. The summed E-state index contributed by atoms with van der Waals surface area (Å²) in [7, 11) is 0. The SMILES string of the molecule is O=C(Nc1cccc(SC(C(=O)Nc2c(F)c(F)c(C(F)(F)F)c(F)c2F)c2ccccc2)c1)C1CC1. The number of thioether (sulfide) groups is 1. The van der Waals surface area contributed by atoms with Gasteiger partial charge < -0.3 is 10.6 Å². The van der Waals surface area contributed by atoms with Crippen molar-refractivity contribution in [3.63, 3.8) is 0 Å². The Balaban J connectivity index is 1.64. The van der Waals surface area contributed by atoms with Gasteiger partial charge in [0.1, 0.15) is 16.5 Å². The van der Waals surface area contributed by atoms with Crippen LogP contribution in [0.15, 0.2) is 59.5 Å². The molecule has 3 aromatic rings. The van der Waals surface area contributed by atoms with Gasteiger partial charge in [0.2, 0.25) is 11.8 Å². The van der Waals surface area contributed by atoms with Gasteiger partial charge in [0.25, 0.3) is 0 Å². The van der Waals surface area contributed by atoms with Crippen LogP contribution in [-0.2, 0) is 15.8 Å². The van der Waals surface area contributed by atoms with Gasteiger partial charge in [0, 0.05) is 16.5 Å². The van der Waals surface area contributed by atoms with E-state index in [1.165, 1.54) is 12.1 Å². The van der Waals surface area contributed by atoms with Crippen LogP contribution in [0.2, 0.25) is 0 Å². The van der Waals surface area contributed by atoms with E-state index in [9.17, 15) is 40.3 Å². The van der Waals surface area contributed by atoms with E-state index in [4.69, 9.17) is 0 Å². The zero-order valence-electron chi connectivity index (χ0n) is 18.6. The molecule has 0 radical (unpaired) electrons. The van der Waals surface area contributed by atoms with Gasteiger partial charge >= 0.3 is 6.18 Å². The van der Waals surface area contributed by atoms with E-state index in [-0.39, 0.29) is 11.8 Å². The molecule has 0 aliphatic heterocycles. The van der Waals surface area contributed by atoms with Gasteiger partial charge in [-0.15, -0.1) is 11.8 Å². The number of halogens is 7. The first kappa shape index (κ1) is 26.5. The second-order valence-corrected chi connectivity index (χ2v) is 9.37. The van der Waals surface area contributed by atoms with E-state index in [0.717, 1.165) is 24.6 Å². The van der Waals surface area contributed by atoms with E-state index < -0.39 is 51.9 Å². The van der Waals surface area contributed by atoms with Crippen LogP contribution >= 0.6 is 11.8 Å². The smallest absolute Gasteiger partial charge is 0.326 e. The second-order valence-electron chi connectivity index (χ2n) is 8.19. The van der Waals surface area contributed by atoms with Crippen molar-refractivity contribution in [3.05, 3.63) is 89.0 Å². The standard InChI is InChI=1S/C25H17F7N2O2S/c26-17-16(25(30,31)32)18(27)20(29)21(19(17)28)34-24(36)22(12-5-2-1-3-6-12)37-15-8-4-7-14(11-15)33-23(35)13-9-10-13/h1-8,11,13,22H,9-10H2,(H,33,35)(H,34,36). The Hall–Kier alpha value is -3.54. The fourth-order valence-corrected chi connectivity index (χ4v) is 4.54. The summed E-state index contributed by atoms with van der Waals surface area (Å²) in [6.07, 6.45) is -4.13. The topological polar surface area (TPSA) is 58.2 Å². The van der Waals surface area contributed by atoms with Crippen molar-refractivity contribution in [2.75, 3.05) is 10.6 Å². The van der Waals surface area contributed by atoms with Crippen LogP contribution in [0, 0.1) is 29.2 Å². The maximum absolute atomic E-state index is 14.4. The highest BCUT2D eigenvalue weighted by Crippen LogP contribution is 2.41. The maximum Gasteiger partial charge on any atom is 0.422 e. The first-order valence-electron chi connectivity index (χ1n) is 10.8. The summed E-state index contributed by atoms with van der Waals surface area (Å²) in [6.45, 7) is 0. The molecule has 1 aliphatic carbocycles. The van der Waals surface area contributed by atoms with E-state index in [0.29, 0.717) is 16.1 Å². The highest BCUT2D eigenvalue weighted by atomic mass is 32.2. The van der Waals surface area contributed by atoms with E-state index in [2.05, 4.69) is 5.32 Å². The molecule has 37 heavy (non-hydrogen) atoms. The summed E-state index contributed by atoms with van der Waals surface area (Å²) < 4.78 is 95.5. The fraction of sp³-hybridized carbons (Fsp3) is 0.200. The Morgan fingerprint density at radius 3 is 2.03 bits per heavy atom. The Morgan fingerprint density at radius 2 is 1.46 bits per heavy atom. The predicted molar refractivity (Wildman–Crippen MR) is 123 cm³/mol. The van der Waals surface area contributed by atoms with Crippen LogP contribution < -0.4 is 10.6 Å². The summed E-state index contributed by atoms with van der Waals surface area (Å²) in [5.41, 5.74) is -3.65. The molecule has 4 nitrogen and oxygen atoms in total. The summed E-state index contributed by atoms with van der Waals surface area (Å²) in [5, 5.41) is 3.20. The van der Waals surface area contributed by atoms with Crippen LogP contribution in [0.3, 0.4) is 0 Å². The highest BCUT2D eigenvalue weighted by Gasteiger charge is 2.43. The quantitative estimate of drug-likeness (QED) is 0.191. The number of rotatable bonds is 7. The molecular formula is C25H17F7N2O2S. The number of nitrogens with one attached hydrogen (secondary N) is 2. The zero-order chi connectivity index (χ0) is 26.9. The Labute approximate surface area is 210 Å². The molecule has 1 saturated carbocycles.